The number of carbonyl (C=O) groups excluding carboxylic acids is 2. The third kappa shape index (κ3) is 3.75. The van der Waals surface area contributed by atoms with E-state index in [9.17, 15) is 9.59 Å². The zero-order valence-corrected chi connectivity index (χ0v) is 11.4. The van der Waals surface area contributed by atoms with E-state index in [2.05, 4.69) is 5.32 Å². The molecule has 1 aliphatic rings. The molecule has 0 aromatic rings. The Morgan fingerprint density at radius 1 is 1.39 bits per heavy atom. The van der Waals surface area contributed by atoms with Gasteiger partial charge in [0.15, 0.2) is 5.54 Å². The third-order valence-electron chi connectivity index (χ3n) is 2.47. The molecule has 0 saturated carbocycles. The van der Waals surface area contributed by atoms with E-state index in [1.54, 1.807) is 33.8 Å². The van der Waals surface area contributed by atoms with Crippen molar-refractivity contribution >= 4 is 12.1 Å². The summed E-state index contributed by atoms with van der Waals surface area (Å²) < 4.78 is 10.2. The Morgan fingerprint density at radius 3 is 2.50 bits per heavy atom. The molecule has 1 aliphatic carbocycles. The van der Waals surface area contributed by atoms with E-state index in [1.807, 2.05) is 6.08 Å². The van der Waals surface area contributed by atoms with Crippen LogP contribution in [0.5, 0.6) is 0 Å². The second-order valence-electron chi connectivity index (χ2n) is 5.26. The summed E-state index contributed by atoms with van der Waals surface area (Å²) in [5.74, 6) is -0.440. The summed E-state index contributed by atoms with van der Waals surface area (Å²) in [6.07, 6.45) is 4.16. The number of rotatable bonds is 3. The molecule has 5 nitrogen and oxygen atoms in total. The average Bonchev–Trinajstić information content (AvgIpc) is 2.64. The summed E-state index contributed by atoms with van der Waals surface area (Å²) in [6.45, 7) is 7.33. The maximum absolute atomic E-state index is 11.9. The summed E-state index contributed by atoms with van der Waals surface area (Å²) in [4.78, 5) is 23.7. The van der Waals surface area contributed by atoms with Crippen LogP contribution in [0.2, 0.25) is 0 Å². The van der Waals surface area contributed by atoms with Crippen molar-refractivity contribution in [2.75, 3.05) is 6.61 Å². The van der Waals surface area contributed by atoms with Crippen molar-refractivity contribution in [2.45, 2.75) is 51.7 Å². The number of ether oxygens (including phenoxy) is 2. The lowest BCUT2D eigenvalue weighted by Gasteiger charge is -2.28. The van der Waals surface area contributed by atoms with Crippen LogP contribution < -0.4 is 5.32 Å². The first-order valence-corrected chi connectivity index (χ1v) is 6.15. The van der Waals surface area contributed by atoms with Crippen LogP contribution in [0.3, 0.4) is 0 Å². The molecule has 0 bridgehead atoms. The van der Waals surface area contributed by atoms with Gasteiger partial charge >= 0.3 is 12.1 Å². The number of hydrogen-bond donors (Lipinski definition) is 1. The number of carbonyl (C=O) groups is 2. The smallest absolute Gasteiger partial charge is 0.408 e. The van der Waals surface area contributed by atoms with Gasteiger partial charge in [0.1, 0.15) is 5.60 Å². The van der Waals surface area contributed by atoms with Crippen molar-refractivity contribution in [2.24, 2.45) is 0 Å². The first-order chi connectivity index (χ1) is 8.29. The Bertz CT molecular complexity index is 356. The largest absolute Gasteiger partial charge is 0.464 e. The normalized spacial score (nSPS) is 22.7. The van der Waals surface area contributed by atoms with Gasteiger partial charge in [-0.25, -0.2) is 9.59 Å². The van der Waals surface area contributed by atoms with E-state index < -0.39 is 23.2 Å². The van der Waals surface area contributed by atoms with Crippen LogP contribution in [0.15, 0.2) is 12.2 Å². The molecule has 1 N–H and O–H groups in total. The zero-order chi connectivity index (χ0) is 13.8. The Labute approximate surface area is 108 Å². The molecule has 18 heavy (non-hydrogen) atoms. The van der Waals surface area contributed by atoms with Gasteiger partial charge in [-0.2, -0.15) is 0 Å². The highest BCUT2D eigenvalue weighted by molar-refractivity contribution is 5.88. The van der Waals surface area contributed by atoms with Crippen molar-refractivity contribution in [1.82, 2.24) is 5.32 Å². The molecule has 0 heterocycles. The fourth-order valence-electron chi connectivity index (χ4n) is 1.75. The highest BCUT2D eigenvalue weighted by Gasteiger charge is 2.41. The summed E-state index contributed by atoms with van der Waals surface area (Å²) in [6, 6.07) is 0. The molecule has 0 saturated heterocycles. The van der Waals surface area contributed by atoms with Crippen LogP contribution in [-0.4, -0.2) is 29.8 Å². The molecule has 0 aliphatic heterocycles. The molecule has 1 amide bonds. The van der Waals surface area contributed by atoms with E-state index in [-0.39, 0.29) is 6.61 Å². The quantitative estimate of drug-likeness (QED) is 0.620. The van der Waals surface area contributed by atoms with Gasteiger partial charge in [0, 0.05) is 0 Å². The van der Waals surface area contributed by atoms with Crippen LogP contribution in [0, 0.1) is 0 Å². The molecule has 1 atom stereocenters. The maximum atomic E-state index is 11.9. The fraction of sp³-hybridized carbons (Fsp3) is 0.692. The van der Waals surface area contributed by atoms with Crippen molar-refractivity contribution < 1.29 is 19.1 Å². The Hall–Kier alpha value is -1.52. The standard InChI is InChI=1S/C13H21NO4/c1-5-17-10(15)13(8-6-7-9-13)14-11(16)18-12(2,3)4/h6,8H,5,7,9H2,1-4H3,(H,14,16)/t13-/m1/s1. The minimum absolute atomic E-state index is 0.282. The first-order valence-electron chi connectivity index (χ1n) is 6.15. The Kier molecular flexibility index (Phi) is 4.38. The van der Waals surface area contributed by atoms with Gasteiger partial charge in [-0.1, -0.05) is 12.2 Å². The summed E-state index contributed by atoms with van der Waals surface area (Å²) in [7, 11) is 0. The van der Waals surface area contributed by atoms with Gasteiger partial charge < -0.3 is 14.8 Å². The number of hydrogen-bond acceptors (Lipinski definition) is 4. The van der Waals surface area contributed by atoms with Gasteiger partial charge in [0.2, 0.25) is 0 Å². The topological polar surface area (TPSA) is 64.6 Å². The Balaban J connectivity index is 2.72. The minimum Gasteiger partial charge on any atom is -0.464 e. The average molecular weight is 255 g/mol. The minimum atomic E-state index is -1.07. The molecule has 0 aromatic carbocycles. The van der Waals surface area contributed by atoms with Crippen molar-refractivity contribution in [3.05, 3.63) is 12.2 Å². The molecule has 0 unspecified atom stereocenters. The van der Waals surface area contributed by atoms with Gasteiger partial charge in [0.25, 0.3) is 0 Å². The highest BCUT2D eigenvalue weighted by Crippen LogP contribution is 2.25. The van der Waals surface area contributed by atoms with Crippen LogP contribution >= 0.6 is 0 Å². The lowest BCUT2D eigenvalue weighted by Crippen LogP contribution is -2.53. The summed E-state index contributed by atoms with van der Waals surface area (Å²) in [5, 5.41) is 2.61. The van der Waals surface area contributed by atoms with E-state index in [0.717, 1.165) is 6.42 Å². The Morgan fingerprint density at radius 2 is 2.06 bits per heavy atom. The second-order valence-corrected chi connectivity index (χ2v) is 5.26. The van der Waals surface area contributed by atoms with Gasteiger partial charge in [-0.15, -0.1) is 0 Å². The number of alkyl carbamates (subject to hydrolysis) is 1. The van der Waals surface area contributed by atoms with Gasteiger partial charge in [0.05, 0.1) is 6.61 Å². The van der Waals surface area contributed by atoms with E-state index in [1.165, 1.54) is 0 Å². The third-order valence-corrected chi connectivity index (χ3v) is 2.47. The number of nitrogens with one attached hydrogen (secondary N) is 1. The number of allylic oxidation sites excluding steroid dienone is 1. The zero-order valence-electron chi connectivity index (χ0n) is 11.4. The maximum Gasteiger partial charge on any atom is 0.408 e. The molecular weight excluding hydrogens is 234 g/mol. The van der Waals surface area contributed by atoms with Gasteiger partial charge in [-0.3, -0.25) is 0 Å². The lowest BCUT2D eigenvalue weighted by atomic mass is 9.99. The number of esters is 1. The summed E-state index contributed by atoms with van der Waals surface area (Å²) >= 11 is 0. The van der Waals surface area contributed by atoms with Crippen LogP contribution in [0.1, 0.15) is 40.5 Å². The van der Waals surface area contributed by atoms with Crippen LogP contribution in [0.4, 0.5) is 4.79 Å². The highest BCUT2D eigenvalue weighted by atomic mass is 16.6. The van der Waals surface area contributed by atoms with Gasteiger partial charge in [-0.05, 0) is 40.5 Å². The lowest BCUT2D eigenvalue weighted by molar-refractivity contribution is -0.149. The number of amides is 1. The molecule has 0 fully saturated rings. The van der Waals surface area contributed by atoms with Crippen LogP contribution in [0.25, 0.3) is 0 Å². The first kappa shape index (κ1) is 14.5. The van der Waals surface area contributed by atoms with Crippen molar-refractivity contribution in [3.63, 3.8) is 0 Å². The molecule has 1 rings (SSSR count). The fourth-order valence-corrected chi connectivity index (χ4v) is 1.75. The summed E-state index contributed by atoms with van der Waals surface area (Å²) in [5.41, 5.74) is -1.67. The molecule has 0 spiro atoms. The van der Waals surface area contributed by atoms with E-state index in [4.69, 9.17) is 9.47 Å². The monoisotopic (exact) mass is 255 g/mol. The van der Waals surface area contributed by atoms with Crippen LogP contribution in [-0.2, 0) is 14.3 Å². The van der Waals surface area contributed by atoms with E-state index >= 15 is 0 Å². The van der Waals surface area contributed by atoms with Crippen molar-refractivity contribution in [3.8, 4) is 0 Å². The molecule has 0 aromatic heterocycles. The van der Waals surface area contributed by atoms with E-state index in [0.29, 0.717) is 6.42 Å². The molecular formula is C13H21NO4. The van der Waals surface area contributed by atoms with Crippen molar-refractivity contribution in [1.29, 1.82) is 0 Å². The molecule has 102 valence electrons. The predicted octanol–water partition coefficient (Wildman–Crippen LogP) is 2.16. The molecule has 5 heteroatoms. The predicted molar refractivity (Wildman–Crippen MR) is 67.1 cm³/mol. The SMILES string of the molecule is CCOC(=O)[C@@]1(NC(=O)OC(C)(C)C)C=CCC1. The molecule has 0 radical (unpaired) electrons. The second kappa shape index (κ2) is 5.42.